The molecule has 0 spiro atoms. The van der Waals surface area contributed by atoms with Crippen molar-refractivity contribution in [1.29, 1.82) is 0 Å². The molecule has 0 saturated carbocycles. The number of anilines is 1. The lowest BCUT2D eigenvalue weighted by molar-refractivity contribution is -0.130. The SMILES string of the molecule is CN1C(=O)C(C(C)(C)C)Oc2cc3c(cc21)OC(C)(C)[C@H](O)[C@H]3N(CCc1ccccc1)C(=O)O. The van der Waals surface area contributed by atoms with E-state index in [4.69, 9.17) is 9.47 Å². The van der Waals surface area contributed by atoms with Gasteiger partial charge in [0, 0.05) is 30.6 Å². The molecular weight excluding hydrogens is 448 g/mol. The van der Waals surface area contributed by atoms with Crippen molar-refractivity contribution in [2.24, 2.45) is 5.41 Å². The molecule has 0 aromatic heterocycles. The Labute approximate surface area is 206 Å². The number of carbonyl (C=O) groups is 2. The van der Waals surface area contributed by atoms with Crippen molar-refractivity contribution in [2.45, 2.75) is 64.9 Å². The van der Waals surface area contributed by atoms with Crippen LogP contribution in [0.5, 0.6) is 11.5 Å². The molecule has 2 N–H and O–H groups in total. The van der Waals surface area contributed by atoms with Gasteiger partial charge in [-0.15, -0.1) is 0 Å². The van der Waals surface area contributed by atoms with Gasteiger partial charge in [0.1, 0.15) is 23.2 Å². The number of benzene rings is 2. The van der Waals surface area contributed by atoms with E-state index in [1.54, 1.807) is 37.9 Å². The third-order valence-electron chi connectivity index (χ3n) is 6.81. The number of rotatable bonds is 4. The number of amides is 2. The summed E-state index contributed by atoms with van der Waals surface area (Å²) in [5.74, 6) is 0.721. The first-order valence-corrected chi connectivity index (χ1v) is 11.8. The van der Waals surface area contributed by atoms with E-state index in [1.165, 1.54) is 4.90 Å². The highest BCUT2D eigenvalue weighted by Gasteiger charge is 2.48. The number of carboxylic acid groups (broad SMARTS) is 1. The maximum absolute atomic E-state index is 13.0. The van der Waals surface area contributed by atoms with Crippen LogP contribution in [0.3, 0.4) is 0 Å². The van der Waals surface area contributed by atoms with E-state index in [1.807, 2.05) is 51.1 Å². The summed E-state index contributed by atoms with van der Waals surface area (Å²) in [7, 11) is 1.69. The number of nitrogens with zero attached hydrogens (tertiary/aromatic N) is 2. The first-order chi connectivity index (χ1) is 16.3. The van der Waals surface area contributed by atoms with Crippen LogP contribution < -0.4 is 14.4 Å². The zero-order valence-corrected chi connectivity index (χ0v) is 21.1. The number of likely N-dealkylation sites (N-methyl/N-ethyl adjacent to an activating group) is 1. The van der Waals surface area contributed by atoms with Gasteiger partial charge in [-0.05, 0) is 31.9 Å². The van der Waals surface area contributed by atoms with Crippen molar-refractivity contribution in [3.05, 3.63) is 53.6 Å². The summed E-state index contributed by atoms with van der Waals surface area (Å²) in [5.41, 5.74) is 0.562. The van der Waals surface area contributed by atoms with Crippen LogP contribution in [0.25, 0.3) is 0 Å². The first-order valence-electron chi connectivity index (χ1n) is 11.8. The van der Waals surface area contributed by atoms with E-state index >= 15 is 0 Å². The minimum atomic E-state index is -1.13. The lowest BCUT2D eigenvalue weighted by Crippen LogP contribution is -2.55. The quantitative estimate of drug-likeness (QED) is 0.676. The molecule has 2 aliphatic rings. The fourth-order valence-corrected chi connectivity index (χ4v) is 4.74. The predicted octanol–water partition coefficient (Wildman–Crippen LogP) is 4.25. The van der Waals surface area contributed by atoms with Crippen LogP contribution in [0.1, 0.15) is 51.8 Å². The van der Waals surface area contributed by atoms with Crippen molar-refractivity contribution >= 4 is 17.7 Å². The molecule has 2 amide bonds. The van der Waals surface area contributed by atoms with Crippen LogP contribution in [0.4, 0.5) is 10.5 Å². The molecule has 0 saturated heterocycles. The monoisotopic (exact) mass is 482 g/mol. The summed E-state index contributed by atoms with van der Waals surface area (Å²) in [6, 6.07) is 12.2. The van der Waals surface area contributed by atoms with Crippen molar-refractivity contribution in [3.8, 4) is 11.5 Å². The minimum Gasteiger partial charge on any atom is -0.485 e. The summed E-state index contributed by atoms with van der Waals surface area (Å²) < 4.78 is 12.3. The molecule has 188 valence electrons. The molecule has 2 heterocycles. The third kappa shape index (κ3) is 4.55. The number of hydrogen-bond acceptors (Lipinski definition) is 5. The normalized spacial score (nSPS) is 23.0. The molecule has 0 aliphatic carbocycles. The van der Waals surface area contributed by atoms with Crippen LogP contribution in [0.2, 0.25) is 0 Å². The third-order valence-corrected chi connectivity index (χ3v) is 6.81. The Hall–Kier alpha value is -3.26. The van der Waals surface area contributed by atoms with Crippen LogP contribution in [-0.2, 0) is 11.2 Å². The molecule has 3 atom stereocenters. The molecule has 2 aromatic rings. The molecular formula is C27H34N2O6. The van der Waals surface area contributed by atoms with Crippen LogP contribution >= 0.6 is 0 Å². The molecule has 0 radical (unpaired) electrons. The Morgan fingerprint density at radius 3 is 2.40 bits per heavy atom. The second kappa shape index (κ2) is 8.75. The van der Waals surface area contributed by atoms with Gasteiger partial charge in [0.2, 0.25) is 0 Å². The van der Waals surface area contributed by atoms with Gasteiger partial charge in [0.15, 0.2) is 6.10 Å². The van der Waals surface area contributed by atoms with Crippen LogP contribution in [0.15, 0.2) is 42.5 Å². The lowest BCUT2D eigenvalue weighted by Gasteiger charge is -2.46. The number of fused-ring (bicyclic) bond motifs is 2. The van der Waals surface area contributed by atoms with Gasteiger partial charge in [-0.3, -0.25) is 9.69 Å². The van der Waals surface area contributed by atoms with Gasteiger partial charge in [-0.1, -0.05) is 51.1 Å². The van der Waals surface area contributed by atoms with E-state index in [0.29, 0.717) is 29.2 Å². The summed E-state index contributed by atoms with van der Waals surface area (Å²) in [6.07, 6.45) is -2.46. The second-order valence-corrected chi connectivity index (χ2v) is 10.9. The number of ether oxygens (including phenoxy) is 2. The molecule has 4 rings (SSSR count). The van der Waals surface area contributed by atoms with E-state index in [-0.39, 0.29) is 12.5 Å². The summed E-state index contributed by atoms with van der Waals surface area (Å²) in [6.45, 7) is 9.44. The standard InChI is InChI=1S/C27H34N2O6/c1-26(2,3)23-24(31)28(6)18-15-19-17(14-20(18)34-23)21(22(30)27(4,5)35-19)29(25(32)33)13-12-16-10-8-7-9-11-16/h7-11,14-15,21-23,30H,12-13H2,1-6H3,(H,32,33)/t21-,22+,23?/m0/s1. The van der Waals surface area contributed by atoms with Gasteiger partial charge < -0.3 is 24.6 Å². The van der Waals surface area contributed by atoms with Gasteiger partial charge in [-0.25, -0.2) is 4.79 Å². The number of aliphatic hydroxyl groups excluding tert-OH is 1. The Morgan fingerprint density at radius 2 is 1.80 bits per heavy atom. The minimum absolute atomic E-state index is 0.161. The Kier molecular flexibility index (Phi) is 6.21. The zero-order valence-electron chi connectivity index (χ0n) is 21.1. The van der Waals surface area contributed by atoms with E-state index in [9.17, 15) is 19.8 Å². The predicted molar refractivity (Wildman–Crippen MR) is 132 cm³/mol. The van der Waals surface area contributed by atoms with Crippen molar-refractivity contribution in [3.63, 3.8) is 0 Å². The zero-order chi connectivity index (χ0) is 25.7. The number of aliphatic hydroxyl groups is 1. The lowest BCUT2D eigenvalue weighted by atomic mass is 9.84. The maximum Gasteiger partial charge on any atom is 0.407 e. The van der Waals surface area contributed by atoms with Crippen LogP contribution in [0, 0.1) is 5.41 Å². The fraction of sp³-hybridized carbons (Fsp3) is 0.481. The largest absolute Gasteiger partial charge is 0.485 e. The average Bonchev–Trinajstić information content (AvgIpc) is 2.77. The molecule has 8 heteroatoms. The molecule has 35 heavy (non-hydrogen) atoms. The van der Waals surface area contributed by atoms with Gasteiger partial charge >= 0.3 is 6.09 Å². The van der Waals surface area contributed by atoms with Crippen molar-refractivity contribution < 1.29 is 29.3 Å². The van der Waals surface area contributed by atoms with Crippen molar-refractivity contribution in [2.75, 3.05) is 18.5 Å². The molecule has 1 unspecified atom stereocenters. The highest BCUT2D eigenvalue weighted by molar-refractivity contribution is 6.00. The van der Waals surface area contributed by atoms with E-state index in [0.717, 1.165) is 5.56 Å². The Bertz CT molecular complexity index is 1120. The summed E-state index contributed by atoms with van der Waals surface area (Å²) in [4.78, 5) is 28.3. The molecule has 8 nitrogen and oxygen atoms in total. The van der Waals surface area contributed by atoms with E-state index < -0.39 is 35.4 Å². The molecule has 0 fully saturated rings. The molecule has 2 aromatic carbocycles. The number of hydrogen-bond donors (Lipinski definition) is 2. The van der Waals surface area contributed by atoms with Gasteiger partial charge in [0.05, 0.1) is 11.7 Å². The fourth-order valence-electron chi connectivity index (χ4n) is 4.74. The van der Waals surface area contributed by atoms with Gasteiger partial charge in [0.25, 0.3) is 5.91 Å². The smallest absolute Gasteiger partial charge is 0.407 e. The number of carbonyl (C=O) groups excluding carboxylic acids is 1. The second-order valence-electron chi connectivity index (χ2n) is 10.9. The Balaban J connectivity index is 1.78. The highest BCUT2D eigenvalue weighted by Crippen LogP contribution is 2.49. The first kappa shape index (κ1) is 24.9. The Morgan fingerprint density at radius 1 is 1.14 bits per heavy atom. The summed E-state index contributed by atoms with van der Waals surface area (Å²) in [5, 5.41) is 21.5. The van der Waals surface area contributed by atoms with Crippen LogP contribution in [-0.4, -0.2) is 58.5 Å². The average molecular weight is 483 g/mol. The molecule has 2 aliphatic heterocycles. The van der Waals surface area contributed by atoms with E-state index in [2.05, 4.69) is 0 Å². The maximum atomic E-state index is 13.0. The topological polar surface area (TPSA) is 99.5 Å². The summed E-state index contributed by atoms with van der Waals surface area (Å²) >= 11 is 0. The molecule has 0 bridgehead atoms. The van der Waals surface area contributed by atoms with Crippen molar-refractivity contribution in [1.82, 2.24) is 4.90 Å². The van der Waals surface area contributed by atoms with Gasteiger partial charge in [-0.2, -0.15) is 0 Å². The highest BCUT2D eigenvalue weighted by atomic mass is 16.5.